The number of alkyl halides is 2. The second-order valence-corrected chi connectivity index (χ2v) is 9.39. The summed E-state index contributed by atoms with van der Waals surface area (Å²) in [5.74, 6) is -3.38. The Hall–Kier alpha value is -1.05. The van der Waals surface area contributed by atoms with Gasteiger partial charge in [-0.25, -0.2) is 8.78 Å². The smallest absolute Gasteiger partial charge is 0.252 e. The van der Waals surface area contributed by atoms with Crippen molar-refractivity contribution < 1.29 is 13.6 Å². The van der Waals surface area contributed by atoms with Gasteiger partial charge in [-0.2, -0.15) is 11.3 Å². The summed E-state index contributed by atoms with van der Waals surface area (Å²) in [4.78, 5) is 12.3. The van der Waals surface area contributed by atoms with E-state index in [9.17, 15) is 13.6 Å². The van der Waals surface area contributed by atoms with E-state index < -0.39 is 11.8 Å². The first-order valence-corrected chi connectivity index (χ1v) is 11.1. The van der Waals surface area contributed by atoms with E-state index in [0.717, 1.165) is 32.1 Å². The number of carbonyl (C=O) groups is 1. The predicted octanol–water partition coefficient (Wildman–Crippen LogP) is 3.53. The first-order valence-electron chi connectivity index (χ1n) is 10.1. The molecular weight excluding hydrogens is 368 g/mol. The van der Waals surface area contributed by atoms with Crippen LogP contribution in [0.5, 0.6) is 0 Å². The molecule has 0 saturated heterocycles. The molecule has 0 bridgehead atoms. The SMILES string of the molecule is NC1CCC(N[C@@H]2C[C@@H]2C2CC(NC(=O)c3ccsc3)CCC2(F)F)CC1. The summed E-state index contributed by atoms with van der Waals surface area (Å²) >= 11 is 1.47. The lowest BCUT2D eigenvalue weighted by Gasteiger charge is -2.37. The van der Waals surface area contributed by atoms with Crippen molar-refractivity contribution in [2.45, 2.75) is 81.5 Å². The van der Waals surface area contributed by atoms with E-state index in [4.69, 9.17) is 5.73 Å². The Labute approximate surface area is 163 Å². The number of thiophene rings is 1. The maximum atomic E-state index is 14.6. The van der Waals surface area contributed by atoms with Gasteiger partial charge in [0.1, 0.15) is 0 Å². The van der Waals surface area contributed by atoms with Crippen molar-refractivity contribution in [2.24, 2.45) is 17.6 Å². The van der Waals surface area contributed by atoms with Crippen molar-refractivity contribution in [3.63, 3.8) is 0 Å². The molecule has 2 unspecified atom stereocenters. The molecule has 150 valence electrons. The first-order chi connectivity index (χ1) is 12.9. The predicted molar refractivity (Wildman–Crippen MR) is 103 cm³/mol. The van der Waals surface area contributed by atoms with Crippen LogP contribution in [0.25, 0.3) is 0 Å². The van der Waals surface area contributed by atoms with Crippen LogP contribution in [0, 0.1) is 11.8 Å². The molecule has 27 heavy (non-hydrogen) atoms. The summed E-state index contributed by atoms with van der Waals surface area (Å²) in [6, 6.07) is 2.54. The minimum atomic E-state index is -2.63. The second-order valence-electron chi connectivity index (χ2n) is 8.61. The molecule has 1 amide bonds. The van der Waals surface area contributed by atoms with E-state index in [1.54, 1.807) is 11.4 Å². The van der Waals surface area contributed by atoms with Crippen LogP contribution in [0.4, 0.5) is 8.78 Å². The molecule has 7 heteroatoms. The van der Waals surface area contributed by atoms with Crippen molar-refractivity contribution in [3.8, 4) is 0 Å². The maximum Gasteiger partial charge on any atom is 0.252 e. The fraction of sp³-hybridized carbons (Fsp3) is 0.750. The van der Waals surface area contributed by atoms with Crippen LogP contribution in [0.3, 0.4) is 0 Å². The van der Waals surface area contributed by atoms with Gasteiger partial charge >= 0.3 is 0 Å². The molecule has 3 aliphatic carbocycles. The van der Waals surface area contributed by atoms with Crippen molar-refractivity contribution in [1.29, 1.82) is 0 Å². The van der Waals surface area contributed by atoms with Crippen LogP contribution >= 0.6 is 11.3 Å². The third kappa shape index (κ3) is 4.51. The number of rotatable bonds is 5. The molecule has 4 N–H and O–H groups in total. The molecule has 4 rings (SSSR count). The standard InChI is InChI=1S/C20H29F2N3OS/c21-20(22)7-5-15(25-19(26)12-6-8-27-11-12)9-17(20)16-10-18(16)24-14-3-1-13(23)2-4-14/h6,8,11,13-18,24H,1-5,7,9-10,23H2,(H,25,26)/t13?,14?,15?,16-,17?,18-/m1/s1. The van der Waals surface area contributed by atoms with Crippen LogP contribution < -0.4 is 16.4 Å². The quantitative estimate of drug-likeness (QED) is 0.712. The molecule has 0 radical (unpaired) electrons. The highest BCUT2D eigenvalue weighted by molar-refractivity contribution is 7.08. The highest BCUT2D eigenvalue weighted by atomic mass is 32.1. The fourth-order valence-corrected chi connectivity index (χ4v) is 5.51. The van der Waals surface area contributed by atoms with Gasteiger partial charge in [0, 0.05) is 47.4 Å². The third-order valence-corrected chi connectivity index (χ3v) is 7.29. The van der Waals surface area contributed by atoms with Gasteiger partial charge in [-0.05, 0) is 62.3 Å². The van der Waals surface area contributed by atoms with E-state index >= 15 is 0 Å². The van der Waals surface area contributed by atoms with Crippen molar-refractivity contribution in [1.82, 2.24) is 10.6 Å². The lowest BCUT2D eigenvalue weighted by Crippen LogP contribution is -2.47. The third-order valence-electron chi connectivity index (χ3n) is 6.60. The second kappa shape index (κ2) is 7.76. The number of hydrogen-bond donors (Lipinski definition) is 3. The zero-order valence-corrected chi connectivity index (χ0v) is 16.3. The normalized spacial score (nSPS) is 38.3. The zero-order valence-electron chi connectivity index (χ0n) is 15.5. The van der Waals surface area contributed by atoms with Gasteiger partial charge in [0.15, 0.2) is 0 Å². The Kier molecular flexibility index (Phi) is 5.54. The molecule has 0 aliphatic heterocycles. The van der Waals surface area contributed by atoms with Crippen molar-refractivity contribution in [2.75, 3.05) is 0 Å². The molecular formula is C20H29F2N3OS. The average Bonchev–Trinajstić information content (AvgIpc) is 3.15. The number of nitrogens with one attached hydrogen (secondary N) is 2. The summed E-state index contributed by atoms with van der Waals surface area (Å²) in [5, 5.41) is 10.2. The van der Waals surface area contributed by atoms with Crippen LogP contribution in [-0.2, 0) is 0 Å². The van der Waals surface area contributed by atoms with E-state index in [1.165, 1.54) is 11.3 Å². The van der Waals surface area contributed by atoms with Crippen LogP contribution in [0.2, 0.25) is 0 Å². The number of halogens is 2. The van der Waals surface area contributed by atoms with E-state index in [0.29, 0.717) is 30.5 Å². The van der Waals surface area contributed by atoms with E-state index in [1.807, 2.05) is 5.38 Å². The van der Waals surface area contributed by atoms with Gasteiger partial charge < -0.3 is 16.4 Å². The number of carbonyl (C=O) groups excluding carboxylic acids is 1. The summed E-state index contributed by atoms with van der Waals surface area (Å²) in [6.45, 7) is 0. The average molecular weight is 398 g/mol. The molecule has 0 spiro atoms. The molecule has 3 aliphatic rings. The summed E-state index contributed by atoms with van der Waals surface area (Å²) in [6.07, 6.45) is 5.56. The Bertz CT molecular complexity index is 646. The molecule has 0 aromatic carbocycles. The van der Waals surface area contributed by atoms with Crippen LogP contribution in [0.15, 0.2) is 16.8 Å². The molecule has 1 heterocycles. The highest BCUT2D eigenvalue weighted by Crippen LogP contribution is 2.51. The monoisotopic (exact) mass is 397 g/mol. The molecule has 4 nitrogen and oxygen atoms in total. The largest absolute Gasteiger partial charge is 0.349 e. The molecule has 1 aromatic heterocycles. The number of hydrogen-bond acceptors (Lipinski definition) is 4. The lowest BCUT2D eigenvalue weighted by atomic mass is 9.79. The Balaban J connectivity index is 1.31. The highest BCUT2D eigenvalue weighted by Gasteiger charge is 2.56. The Morgan fingerprint density at radius 3 is 2.63 bits per heavy atom. The van der Waals surface area contributed by atoms with E-state index in [-0.39, 0.29) is 30.3 Å². The number of nitrogens with two attached hydrogens (primary N) is 1. The zero-order chi connectivity index (χ0) is 19.0. The maximum absolute atomic E-state index is 14.6. The minimum Gasteiger partial charge on any atom is -0.349 e. The van der Waals surface area contributed by atoms with Gasteiger partial charge in [-0.1, -0.05) is 0 Å². The summed E-state index contributed by atoms with van der Waals surface area (Å²) in [5.41, 5.74) is 6.57. The first kappa shape index (κ1) is 19.3. The lowest BCUT2D eigenvalue weighted by molar-refractivity contribution is -0.100. The summed E-state index contributed by atoms with van der Waals surface area (Å²) in [7, 11) is 0. The molecule has 3 saturated carbocycles. The van der Waals surface area contributed by atoms with Gasteiger partial charge in [0.25, 0.3) is 11.8 Å². The molecule has 3 fully saturated rings. The minimum absolute atomic E-state index is 0.0245. The van der Waals surface area contributed by atoms with Crippen LogP contribution in [-0.4, -0.2) is 36.0 Å². The van der Waals surface area contributed by atoms with Crippen molar-refractivity contribution >= 4 is 17.2 Å². The van der Waals surface area contributed by atoms with E-state index in [2.05, 4.69) is 10.6 Å². The van der Waals surface area contributed by atoms with Gasteiger partial charge in [0.2, 0.25) is 0 Å². The van der Waals surface area contributed by atoms with Crippen LogP contribution in [0.1, 0.15) is 61.7 Å². The fourth-order valence-electron chi connectivity index (χ4n) is 4.87. The van der Waals surface area contributed by atoms with Gasteiger partial charge in [0.05, 0.1) is 0 Å². The molecule has 4 atom stereocenters. The molecule has 1 aromatic rings. The Morgan fingerprint density at radius 2 is 1.93 bits per heavy atom. The van der Waals surface area contributed by atoms with Gasteiger partial charge in [-0.3, -0.25) is 4.79 Å². The topological polar surface area (TPSA) is 67.2 Å². The number of amides is 1. The summed E-state index contributed by atoms with van der Waals surface area (Å²) < 4.78 is 29.2. The van der Waals surface area contributed by atoms with Crippen molar-refractivity contribution in [3.05, 3.63) is 22.4 Å². The Morgan fingerprint density at radius 1 is 1.15 bits per heavy atom. The van der Waals surface area contributed by atoms with Gasteiger partial charge in [-0.15, -0.1) is 0 Å².